The fourth-order valence-corrected chi connectivity index (χ4v) is 2.86. The third-order valence-corrected chi connectivity index (χ3v) is 4.07. The fraction of sp³-hybridized carbons (Fsp3) is 0.429. The lowest BCUT2D eigenvalue weighted by Gasteiger charge is -2.28. The number of hydrogen-bond acceptors (Lipinski definition) is 3. The van der Waals surface area contributed by atoms with E-state index in [2.05, 4.69) is 0 Å². The minimum absolute atomic E-state index is 0.235. The van der Waals surface area contributed by atoms with Crippen LogP contribution in [0.1, 0.15) is 23.2 Å². The molecule has 1 aromatic rings. The largest absolute Gasteiger partial charge is 0.390 e. The maximum absolute atomic E-state index is 12.3. The summed E-state index contributed by atoms with van der Waals surface area (Å²) in [5, 5.41) is 10.6. The van der Waals surface area contributed by atoms with Gasteiger partial charge in [-0.25, -0.2) is 0 Å². The molecule has 0 aromatic heterocycles. The van der Waals surface area contributed by atoms with Crippen molar-refractivity contribution in [1.29, 1.82) is 0 Å². The van der Waals surface area contributed by atoms with E-state index in [1.165, 1.54) is 4.90 Å². The van der Waals surface area contributed by atoms with Crippen LogP contribution in [0.3, 0.4) is 0 Å². The standard InChI is InChI=1S/C14H17ClN2O3/c1-17(11-6-5-10(12(11)18)13(16)19)14(20)8-3-2-4-9(15)7-8/h2-4,7,10-12,18H,5-6H2,1H3,(H2,16,19)/t10-,11-,12+/m1/s1. The Hall–Kier alpha value is -1.59. The Morgan fingerprint density at radius 2 is 2.10 bits per heavy atom. The van der Waals surface area contributed by atoms with E-state index in [1.54, 1.807) is 31.3 Å². The van der Waals surface area contributed by atoms with Gasteiger partial charge in [0.05, 0.1) is 18.1 Å². The van der Waals surface area contributed by atoms with Crippen molar-refractivity contribution in [2.75, 3.05) is 7.05 Å². The highest BCUT2D eigenvalue weighted by Crippen LogP contribution is 2.30. The molecule has 2 rings (SSSR count). The monoisotopic (exact) mass is 296 g/mol. The SMILES string of the molecule is CN(C(=O)c1cccc(Cl)c1)[C@@H]1CC[C@@H](C(N)=O)[C@@H]1O. The summed E-state index contributed by atoms with van der Waals surface area (Å²) in [4.78, 5) is 25.0. The number of halogens is 1. The number of carbonyl (C=O) groups excluding carboxylic acids is 2. The topological polar surface area (TPSA) is 83.6 Å². The average Bonchev–Trinajstić information content (AvgIpc) is 2.79. The van der Waals surface area contributed by atoms with E-state index in [0.29, 0.717) is 23.4 Å². The molecule has 0 saturated heterocycles. The molecule has 0 heterocycles. The normalized spacial score (nSPS) is 25.4. The van der Waals surface area contributed by atoms with Crippen LogP contribution in [0, 0.1) is 5.92 Å². The Labute approximate surface area is 122 Å². The van der Waals surface area contributed by atoms with Crippen molar-refractivity contribution >= 4 is 23.4 Å². The van der Waals surface area contributed by atoms with Crippen molar-refractivity contribution in [2.24, 2.45) is 11.7 Å². The molecule has 0 radical (unpaired) electrons. The van der Waals surface area contributed by atoms with Crippen molar-refractivity contribution in [3.63, 3.8) is 0 Å². The van der Waals surface area contributed by atoms with E-state index < -0.39 is 24.0 Å². The number of nitrogens with two attached hydrogens (primary N) is 1. The molecule has 1 fully saturated rings. The molecular formula is C14H17ClN2O3. The summed E-state index contributed by atoms with van der Waals surface area (Å²) in [7, 11) is 1.61. The van der Waals surface area contributed by atoms with Crippen LogP contribution in [-0.4, -0.2) is 41.0 Å². The number of rotatable bonds is 3. The van der Waals surface area contributed by atoms with Gasteiger partial charge in [0, 0.05) is 17.6 Å². The first-order valence-corrected chi connectivity index (χ1v) is 6.79. The molecule has 1 aromatic carbocycles. The predicted molar refractivity (Wildman–Crippen MR) is 75.3 cm³/mol. The van der Waals surface area contributed by atoms with Crippen LogP contribution in [0.15, 0.2) is 24.3 Å². The van der Waals surface area contributed by atoms with Crippen molar-refractivity contribution in [2.45, 2.75) is 25.0 Å². The molecule has 1 saturated carbocycles. The highest BCUT2D eigenvalue weighted by molar-refractivity contribution is 6.30. The summed E-state index contributed by atoms with van der Waals surface area (Å²) in [5.41, 5.74) is 5.69. The third-order valence-electron chi connectivity index (χ3n) is 3.83. The molecule has 0 aliphatic heterocycles. The van der Waals surface area contributed by atoms with Crippen molar-refractivity contribution in [3.8, 4) is 0 Å². The maximum atomic E-state index is 12.3. The van der Waals surface area contributed by atoms with Crippen LogP contribution < -0.4 is 5.73 Å². The first kappa shape index (κ1) is 14.8. The van der Waals surface area contributed by atoms with Crippen molar-refractivity contribution < 1.29 is 14.7 Å². The molecule has 1 aliphatic rings. The number of aliphatic hydroxyl groups is 1. The molecule has 0 unspecified atom stereocenters. The molecular weight excluding hydrogens is 280 g/mol. The second-order valence-corrected chi connectivity index (χ2v) is 5.51. The van der Waals surface area contributed by atoms with E-state index in [0.717, 1.165) is 0 Å². The Bertz CT molecular complexity index is 535. The molecule has 1 aliphatic carbocycles. The van der Waals surface area contributed by atoms with Crippen molar-refractivity contribution in [3.05, 3.63) is 34.9 Å². The summed E-state index contributed by atoms with van der Waals surface area (Å²) in [6.07, 6.45) is 0.131. The maximum Gasteiger partial charge on any atom is 0.253 e. The van der Waals surface area contributed by atoms with Gasteiger partial charge in [-0.15, -0.1) is 0 Å². The number of amides is 2. The summed E-state index contributed by atoms with van der Waals surface area (Å²) >= 11 is 5.87. The van der Waals surface area contributed by atoms with Gasteiger partial charge in [-0.1, -0.05) is 17.7 Å². The summed E-state index contributed by atoms with van der Waals surface area (Å²) in [6, 6.07) is 6.22. The van der Waals surface area contributed by atoms with Crippen LogP contribution in [0.25, 0.3) is 0 Å². The molecule has 3 atom stereocenters. The Balaban J connectivity index is 2.14. The second-order valence-electron chi connectivity index (χ2n) is 5.07. The zero-order valence-electron chi connectivity index (χ0n) is 11.1. The van der Waals surface area contributed by atoms with Gasteiger partial charge >= 0.3 is 0 Å². The molecule has 5 nitrogen and oxygen atoms in total. The molecule has 2 amide bonds. The molecule has 3 N–H and O–H groups in total. The van der Waals surface area contributed by atoms with Gasteiger partial charge in [-0.3, -0.25) is 9.59 Å². The predicted octanol–water partition coefficient (Wildman–Crippen LogP) is 1.04. The lowest BCUT2D eigenvalue weighted by atomic mass is 10.0. The van der Waals surface area contributed by atoms with E-state index in [1.807, 2.05) is 0 Å². The van der Waals surface area contributed by atoms with Gasteiger partial charge in [0.15, 0.2) is 0 Å². The van der Waals surface area contributed by atoms with Crippen molar-refractivity contribution in [1.82, 2.24) is 4.90 Å². The van der Waals surface area contributed by atoms with Crippen LogP contribution in [0.5, 0.6) is 0 Å². The number of benzene rings is 1. The van der Waals surface area contributed by atoms with E-state index in [-0.39, 0.29) is 5.91 Å². The van der Waals surface area contributed by atoms with Gasteiger partial charge in [-0.05, 0) is 31.0 Å². The van der Waals surface area contributed by atoms with Gasteiger partial charge in [0.25, 0.3) is 5.91 Å². The van der Waals surface area contributed by atoms with Crippen LogP contribution in [0.2, 0.25) is 5.02 Å². The number of aliphatic hydroxyl groups excluding tert-OH is 1. The van der Waals surface area contributed by atoms with Gasteiger partial charge in [0.1, 0.15) is 0 Å². The second kappa shape index (κ2) is 5.81. The molecule has 0 spiro atoms. The highest BCUT2D eigenvalue weighted by Gasteiger charge is 2.41. The zero-order valence-corrected chi connectivity index (χ0v) is 11.9. The first-order chi connectivity index (χ1) is 9.41. The number of hydrogen-bond donors (Lipinski definition) is 2. The molecule has 20 heavy (non-hydrogen) atoms. The Morgan fingerprint density at radius 3 is 2.65 bits per heavy atom. The smallest absolute Gasteiger partial charge is 0.253 e. The number of primary amides is 1. The number of carbonyl (C=O) groups is 2. The lowest BCUT2D eigenvalue weighted by molar-refractivity contribution is -0.124. The minimum Gasteiger partial charge on any atom is -0.390 e. The quantitative estimate of drug-likeness (QED) is 0.874. The van der Waals surface area contributed by atoms with E-state index in [4.69, 9.17) is 17.3 Å². The van der Waals surface area contributed by atoms with E-state index >= 15 is 0 Å². The van der Waals surface area contributed by atoms with E-state index in [9.17, 15) is 14.7 Å². The summed E-state index contributed by atoms with van der Waals surface area (Å²) < 4.78 is 0. The van der Waals surface area contributed by atoms with Gasteiger partial charge < -0.3 is 15.7 Å². The average molecular weight is 297 g/mol. The van der Waals surface area contributed by atoms with Crippen LogP contribution in [0.4, 0.5) is 0 Å². The minimum atomic E-state index is -0.916. The zero-order chi connectivity index (χ0) is 14.9. The first-order valence-electron chi connectivity index (χ1n) is 6.42. The van der Waals surface area contributed by atoms with Gasteiger partial charge in [-0.2, -0.15) is 0 Å². The van der Waals surface area contributed by atoms with Crippen LogP contribution in [-0.2, 0) is 4.79 Å². The molecule has 0 bridgehead atoms. The highest BCUT2D eigenvalue weighted by atomic mass is 35.5. The Kier molecular flexibility index (Phi) is 4.30. The summed E-state index contributed by atoms with van der Waals surface area (Å²) in [5.74, 6) is -1.35. The Morgan fingerprint density at radius 1 is 1.40 bits per heavy atom. The molecule has 108 valence electrons. The van der Waals surface area contributed by atoms with Gasteiger partial charge in [0.2, 0.25) is 5.91 Å². The summed E-state index contributed by atoms with van der Waals surface area (Å²) in [6.45, 7) is 0. The number of likely N-dealkylation sites (N-methyl/N-ethyl adjacent to an activating group) is 1. The molecule has 6 heteroatoms. The lowest BCUT2D eigenvalue weighted by Crippen LogP contribution is -2.45. The third kappa shape index (κ3) is 2.78. The number of nitrogens with zero attached hydrogens (tertiary/aromatic N) is 1. The van der Waals surface area contributed by atoms with Crippen LogP contribution >= 0.6 is 11.6 Å². The fourth-order valence-electron chi connectivity index (χ4n) is 2.67.